The van der Waals surface area contributed by atoms with Crippen LogP contribution >= 0.6 is 0 Å². The third kappa shape index (κ3) is 5.21. The molecule has 0 radical (unpaired) electrons. The van der Waals surface area contributed by atoms with Crippen molar-refractivity contribution in [3.63, 3.8) is 0 Å². The molecule has 3 saturated heterocycles. The van der Waals surface area contributed by atoms with Crippen molar-refractivity contribution in [1.29, 1.82) is 0 Å². The summed E-state index contributed by atoms with van der Waals surface area (Å²) in [5.41, 5.74) is -0.103. The van der Waals surface area contributed by atoms with Crippen LogP contribution in [0.2, 0.25) is 0 Å². The molecule has 3 aliphatic heterocycles. The highest BCUT2D eigenvalue weighted by atomic mass is 16.5. The van der Waals surface area contributed by atoms with Crippen LogP contribution in [0.1, 0.15) is 64.4 Å². The summed E-state index contributed by atoms with van der Waals surface area (Å²) in [7, 11) is 0. The third-order valence-corrected chi connectivity index (χ3v) is 10.1. The van der Waals surface area contributed by atoms with E-state index < -0.39 is 35.6 Å². The summed E-state index contributed by atoms with van der Waals surface area (Å²) < 4.78 is 6.73. The van der Waals surface area contributed by atoms with Gasteiger partial charge in [-0.3, -0.25) is 14.4 Å². The third-order valence-electron chi connectivity index (χ3n) is 10.1. The van der Waals surface area contributed by atoms with Crippen molar-refractivity contribution in [1.82, 2.24) is 14.7 Å². The zero-order valence-electron chi connectivity index (χ0n) is 25.2. The zero-order valence-corrected chi connectivity index (χ0v) is 25.2. The number of rotatable bonds is 12. The molecule has 8 heteroatoms. The molecule has 2 unspecified atom stereocenters. The van der Waals surface area contributed by atoms with Gasteiger partial charge in [0.2, 0.25) is 17.7 Å². The smallest absolute Gasteiger partial charge is 0.248 e. The van der Waals surface area contributed by atoms with Crippen molar-refractivity contribution in [2.24, 2.45) is 17.8 Å². The average Bonchev–Trinajstić information content (AvgIpc) is 3.64. The van der Waals surface area contributed by atoms with Gasteiger partial charge in [0.15, 0.2) is 0 Å². The number of amides is 3. The van der Waals surface area contributed by atoms with E-state index in [1.54, 1.807) is 22.0 Å². The summed E-state index contributed by atoms with van der Waals surface area (Å²) in [6, 6.07) is 8.41. The number of ether oxygens (including phenoxy) is 1. The summed E-state index contributed by atoms with van der Waals surface area (Å²) in [6.45, 7) is 12.6. The lowest BCUT2D eigenvalue weighted by Gasteiger charge is -2.43. The summed E-state index contributed by atoms with van der Waals surface area (Å²) in [4.78, 5) is 48.9. The van der Waals surface area contributed by atoms with Gasteiger partial charge < -0.3 is 24.5 Å². The number of nitrogens with zero attached hydrogens (tertiary/aromatic N) is 3. The first kappa shape index (κ1) is 30.5. The van der Waals surface area contributed by atoms with Gasteiger partial charge in [0, 0.05) is 25.7 Å². The molecule has 1 spiro atoms. The largest absolute Gasteiger partial charge is 0.394 e. The Labute approximate surface area is 250 Å². The molecule has 1 aromatic carbocycles. The maximum atomic E-state index is 14.7. The molecule has 6 atom stereocenters. The number of likely N-dealkylation sites (tertiary alicyclic amines) is 1. The fourth-order valence-corrected chi connectivity index (χ4v) is 8.14. The normalized spacial score (nSPS) is 29.4. The summed E-state index contributed by atoms with van der Waals surface area (Å²) in [6.07, 6.45) is 9.31. The molecule has 1 aromatic rings. The molecule has 4 fully saturated rings. The van der Waals surface area contributed by atoms with E-state index in [4.69, 9.17) is 4.74 Å². The van der Waals surface area contributed by atoms with Crippen molar-refractivity contribution >= 4 is 17.7 Å². The van der Waals surface area contributed by atoms with Gasteiger partial charge in [-0.25, -0.2) is 0 Å². The maximum absolute atomic E-state index is 14.7. The Morgan fingerprint density at radius 1 is 1.07 bits per heavy atom. The number of aliphatic hydroxyl groups excluding tert-OH is 1. The number of carbonyl (C=O) groups excluding carboxylic acids is 3. The lowest BCUT2D eigenvalue weighted by Crippen LogP contribution is -2.61. The van der Waals surface area contributed by atoms with Gasteiger partial charge in [-0.05, 0) is 37.2 Å². The Kier molecular flexibility index (Phi) is 9.23. The van der Waals surface area contributed by atoms with Gasteiger partial charge in [-0.2, -0.15) is 0 Å². The zero-order chi connectivity index (χ0) is 30.0. The number of hydrogen-bond acceptors (Lipinski definition) is 5. The molecule has 1 aliphatic carbocycles. The van der Waals surface area contributed by atoms with E-state index in [1.807, 2.05) is 49.1 Å². The molecule has 1 N–H and O–H groups in total. The lowest BCUT2D eigenvalue weighted by molar-refractivity contribution is -0.154. The molecule has 8 nitrogen and oxygen atoms in total. The van der Waals surface area contributed by atoms with Crippen LogP contribution in [0.3, 0.4) is 0 Å². The Morgan fingerprint density at radius 3 is 2.38 bits per heavy atom. The topological polar surface area (TPSA) is 90.4 Å². The molecule has 2 bridgehead atoms. The highest BCUT2D eigenvalue weighted by molar-refractivity contribution is 5.99. The summed E-state index contributed by atoms with van der Waals surface area (Å²) >= 11 is 0. The fourth-order valence-electron chi connectivity index (χ4n) is 8.14. The van der Waals surface area contributed by atoms with E-state index in [1.165, 1.54) is 0 Å². The number of aliphatic hydroxyl groups is 1. The number of hydrogen-bond donors (Lipinski definition) is 1. The molecular formula is C34H47N3O5. The van der Waals surface area contributed by atoms with E-state index in [-0.39, 0.29) is 36.3 Å². The number of fused-ring (bicyclic) bond motifs is 1. The molecule has 4 aliphatic rings. The monoisotopic (exact) mass is 577 g/mol. The lowest BCUT2D eigenvalue weighted by atomic mass is 9.70. The SMILES string of the molecule is C=CCN(Cc1ccccc1)C(=O)[C@@H]1[C@H]2C(=O)N([C@@H](CO)C(C)C)C(C(=O)N(CC=C)C3CCCCC3)C23CC[C@H]1O3. The van der Waals surface area contributed by atoms with Crippen LogP contribution in [0.4, 0.5) is 0 Å². The second kappa shape index (κ2) is 12.7. The Morgan fingerprint density at radius 2 is 1.76 bits per heavy atom. The van der Waals surface area contributed by atoms with Crippen molar-refractivity contribution in [2.75, 3.05) is 19.7 Å². The Bertz CT molecular complexity index is 1160. The van der Waals surface area contributed by atoms with E-state index >= 15 is 0 Å². The predicted octanol–water partition coefficient (Wildman–Crippen LogP) is 3.94. The molecule has 1 saturated carbocycles. The second-order valence-electron chi connectivity index (χ2n) is 12.9. The first-order chi connectivity index (χ1) is 20.3. The highest BCUT2D eigenvalue weighted by Gasteiger charge is 2.75. The van der Waals surface area contributed by atoms with Gasteiger partial charge in [0.05, 0.1) is 30.6 Å². The average molecular weight is 578 g/mol. The summed E-state index contributed by atoms with van der Waals surface area (Å²) in [5, 5.41) is 10.5. The molecular weight excluding hydrogens is 530 g/mol. The van der Waals surface area contributed by atoms with E-state index in [9.17, 15) is 19.5 Å². The van der Waals surface area contributed by atoms with Crippen LogP contribution in [-0.4, -0.2) is 87.1 Å². The standard InChI is InChI=1S/C34H47N3O5/c1-5-19-35(21-24-13-9-7-10-14-24)31(39)28-27-17-18-34(42-27)29(28)32(40)37(26(22-38)23(3)4)30(34)33(41)36(20-6-2)25-15-11-8-12-16-25/h5-7,9-10,13-14,23,25-30,38H,1-2,8,11-12,15-22H2,3-4H3/t26-,27+,28-,29-,30?,34?/m0/s1. The van der Waals surface area contributed by atoms with Crippen LogP contribution in [0.25, 0.3) is 0 Å². The Hall–Kier alpha value is -2.97. The molecule has 5 rings (SSSR count). The molecule has 228 valence electrons. The van der Waals surface area contributed by atoms with Crippen LogP contribution < -0.4 is 0 Å². The minimum absolute atomic E-state index is 0.0771. The van der Waals surface area contributed by atoms with Crippen molar-refractivity contribution in [3.05, 3.63) is 61.2 Å². The predicted molar refractivity (Wildman–Crippen MR) is 161 cm³/mol. The van der Waals surface area contributed by atoms with Crippen LogP contribution in [0.5, 0.6) is 0 Å². The molecule has 0 aromatic heterocycles. The van der Waals surface area contributed by atoms with Gasteiger partial charge >= 0.3 is 0 Å². The van der Waals surface area contributed by atoms with Crippen LogP contribution in [-0.2, 0) is 25.7 Å². The highest BCUT2D eigenvalue weighted by Crippen LogP contribution is 2.59. The van der Waals surface area contributed by atoms with E-state index in [0.717, 1.165) is 37.7 Å². The second-order valence-corrected chi connectivity index (χ2v) is 12.9. The molecule has 3 amide bonds. The number of benzene rings is 1. The Balaban J connectivity index is 1.53. The molecule has 42 heavy (non-hydrogen) atoms. The van der Waals surface area contributed by atoms with Crippen molar-refractivity contribution in [3.8, 4) is 0 Å². The van der Waals surface area contributed by atoms with Crippen LogP contribution in [0.15, 0.2) is 55.6 Å². The van der Waals surface area contributed by atoms with E-state index in [2.05, 4.69) is 13.2 Å². The maximum Gasteiger partial charge on any atom is 0.248 e. The molecule has 3 heterocycles. The van der Waals surface area contributed by atoms with Crippen molar-refractivity contribution in [2.45, 2.75) is 95.2 Å². The number of carbonyl (C=O) groups is 3. The first-order valence-electron chi connectivity index (χ1n) is 15.7. The fraction of sp³-hybridized carbons (Fsp3) is 0.618. The summed E-state index contributed by atoms with van der Waals surface area (Å²) in [5.74, 6) is -2.08. The minimum atomic E-state index is -1.10. The minimum Gasteiger partial charge on any atom is -0.394 e. The van der Waals surface area contributed by atoms with Crippen molar-refractivity contribution < 1.29 is 24.2 Å². The quantitative estimate of drug-likeness (QED) is 0.380. The first-order valence-corrected chi connectivity index (χ1v) is 15.7. The van der Waals surface area contributed by atoms with Crippen LogP contribution in [0, 0.1) is 17.8 Å². The van der Waals surface area contributed by atoms with Gasteiger partial charge in [-0.15, -0.1) is 13.2 Å². The van der Waals surface area contributed by atoms with E-state index in [0.29, 0.717) is 32.5 Å². The van der Waals surface area contributed by atoms with Gasteiger partial charge in [0.1, 0.15) is 11.6 Å². The van der Waals surface area contributed by atoms with Gasteiger partial charge in [-0.1, -0.05) is 75.6 Å². The van der Waals surface area contributed by atoms with Gasteiger partial charge in [0.25, 0.3) is 0 Å².